The second-order valence-electron chi connectivity index (χ2n) is 8.58. The number of Topliss-reactive ketones (excluding diaryl/α,β-unsaturated/α-hetero) is 1. The Labute approximate surface area is 202 Å². The highest BCUT2D eigenvalue weighted by molar-refractivity contribution is 6.06. The topological polar surface area (TPSA) is 83.8 Å². The van der Waals surface area contributed by atoms with Gasteiger partial charge in [0.05, 0.1) is 4.92 Å². The predicted octanol–water partition coefficient (Wildman–Crippen LogP) is 4.98. The number of nitrogens with zero attached hydrogens (tertiary/aromatic N) is 3. The Morgan fingerprint density at radius 3 is 2.11 bits per heavy atom. The fourth-order valence-electron chi connectivity index (χ4n) is 4.35. The molecule has 1 saturated heterocycles. The van der Waals surface area contributed by atoms with E-state index < -0.39 is 4.92 Å². The number of para-hydroxylation sites is 1. The lowest BCUT2D eigenvalue weighted by atomic mass is 9.89. The number of nitro groups is 1. The van der Waals surface area contributed by atoms with E-state index in [1.54, 1.807) is 4.90 Å². The molecular formula is C27H26FN3O4. The molecule has 35 heavy (non-hydrogen) atoms. The first-order chi connectivity index (χ1) is 16.9. The summed E-state index contributed by atoms with van der Waals surface area (Å²) in [4.78, 5) is 40.4. The number of anilines is 1. The molecule has 3 aromatic carbocycles. The smallest absolute Gasteiger partial charge is 0.269 e. The lowest BCUT2D eigenvalue weighted by Gasteiger charge is -2.33. The van der Waals surface area contributed by atoms with Crippen molar-refractivity contribution in [3.63, 3.8) is 0 Å². The average molecular weight is 476 g/mol. The Morgan fingerprint density at radius 1 is 0.914 bits per heavy atom. The number of nitro benzene ring substituents is 1. The minimum atomic E-state index is -0.492. The Bertz CT molecular complexity index is 1180. The second-order valence-corrected chi connectivity index (χ2v) is 8.58. The largest absolute Gasteiger partial charge is 0.307 e. The van der Waals surface area contributed by atoms with Crippen molar-refractivity contribution in [3.05, 3.63) is 106 Å². The van der Waals surface area contributed by atoms with Crippen molar-refractivity contribution < 1.29 is 18.9 Å². The van der Waals surface area contributed by atoms with Gasteiger partial charge in [-0.2, -0.15) is 0 Å². The van der Waals surface area contributed by atoms with Crippen LogP contribution in [0.3, 0.4) is 0 Å². The number of halogens is 1. The number of ketones is 1. The normalized spacial score (nSPS) is 14.4. The molecule has 1 aliphatic rings. The maximum atomic E-state index is 13.3. The number of hydrogen-bond acceptors (Lipinski definition) is 5. The van der Waals surface area contributed by atoms with Gasteiger partial charge in [0, 0.05) is 48.0 Å². The van der Waals surface area contributed by atoms with Crippen LogP contribution in [0.1, 0.15) is 33.6 Å². The summed E-state index contributed by atoms with van der Waals surface area (Å²) in [6.07, 6.45) is 1.41. The summed E-state index contributed by atoms with van der Waals surface area (Å²) in [5.41, 5.74) is 1.60. The van der Waals surface area contributed by atoms with E-state index in [9.17, 15) is 24.1 Å². The van der Waals surface area contributed by atoms with Gasteiger partial charge in [-0.1, -0.05) is 18.2 Å². The van der Waals surface area contributed by atoms with E-state index in [-0.39, 0.29) is 29.1 Å². The molecule has 0 aromatic heterocycles. The summed E-state index contributed by atoms with van der Waals surface area (Å²) in [6, 6.07) is 20.6. The highest BCUT2D eigenvalue weighted by Gasteiger charge is 2.27. The van der Waals surface area contributed by atoms with Crippen molar-refractivity contribution in [2.45, 2.75) is 12.8 Å². The van der Waals surface area contributed by atoms with Crippen molar-refractivity contribution >= 4 is 23.1 Å². The van der Waals surface area contributed by atoms with Crippen molar-refractivity contribution in [1.82, 2.24) is 4.90 Å². The molecule has 1 fully saturated rings. The molecule has 0 aliphatic carbocycles. The lowest BCUT2D eigenvalue weighted by Crippen LogP contribution is -2.42. The molecular weight excluding hydrogens is 449 g/mol. The van der Waals surface area contributed by atoms with Gasteiger partial charge in [0.15, 0.2) is 5.78 Å². The first-order valence-electron chi connectivity index (χ1n) is 11.6. The standard InChI is InChI=1S/C27H26FN3O4/c28-23-10-6-20(7-11-23)26(32)21-14-16-29(17-15-21)18-19-30(24-4-2-1-3-5-24)27(33)22-8-12-25(13-9-22)31(34)35/h1-13,21H,14-19H2. The molecule has 4 rings (SSSR count). The second kappa shape index (κ2) is 11.0. The van der Waals surface area contributed by atoms with Gasteiger partial charge >= 0.3 is 0 Å². The van der Waals surface area contributed by atoms with E-state index >= 15 is 0 Å². The third-order valence-electron chi connectivity index (χ3n) is 6.37. The lowest BCUT2D eigenvalue weighted by molar-refractivity contribution is -0.384. The summed E-state index contributed by atoms with van der Waals surface area (Å²) in [6.45, 7) is 2.53. The quantitative estimate of drug-likeness (QED) is 0.261. The summed E-state index contributed by atoms with van der Waals surface area (Å²) in [7, 11) is 0. The highest BCUT2D eigenvalue weighted by Crippen LogP contribution is 2.23. The molecule has 1 aliphatic heterocycles. The zero-order chi connectivity index (χ0) is 24.8. The van der Waals surface area contributed by atoms with E-state index in [4.69, 9.17) is 0 Å². The van der Waals surface area contributed by atoms with Gasteiger partial charge in [0.2, 0.25) is 0 Å². The number of carbonyl (C=O) groups is 2. The van der Waals surface area contributed by atoms with E-state index in [1.165, 1.54) is 48.5 Å². The molecule has 0 radical (unpaired) electrons. The van der Waals surface area contributed by atoms with Crippen molar-refractivity contribution in [3.8, 4) is 0 Å². The summed E-state index contributed by atoms with van der Waals surface area (Å²) in [5, 5.41) is 10.9. The van der Waals surface area contributed by atoms with Crippen LogP contribution in [0.25, 0.3) is 0 Å². The average Bonchev–Trinajstić information content (AvgIpc) is 2.90. The summed E-state index contributed by atoms with van der Waals surface area (Å²) >= 11 is 0. The van der Waals surface area contributed by atoms with Gasteiger partial charge in [-0.15, -0.1) is 0 Å². The maximum Gasteiger partial charge on any atom is 0.269 e. The summed E-state index contributed by atoms with van der Waals surface area (Å²) < 4.78 is 13.2. The third-order valence-corrected chi connectivity index (χ3v) is 6.37. The zero-order valence-electron chi connectivity index (χ0n) is 19.2. The Balaban J connectivity index is 1.39. The molecule has 0 atom stereocenters. The molecule has 7 nitrogen and oxygen atoms in total. The van der Waals surface area contributed by atoms with Crippen LogP contribution in [0.15, 0.2) is 78.9 Å². The molecule has 8 heteroatoms. The van der Waals surface area contributed by atoms with E-state index in [2.05, 4.69) is 4.90 Å². The molecule has 180 valence electrons. The fourth-order valence-corrected chi connectivity index (χ4v) is 4.35. The van der Waals surface area contributed by atoms with Gasteiger partial charge in [0.25, 0.3) is 11.6 Å². The molecule has 0 unspecified atom stereocenters. The van der Waals surface area contributed by atoms with Crippen molar-refractivity contribution in [2.75, 3.05) is 31.1 Å². The van der Waals surface area contributed by atoms with Gasteiger partial charge in [-0.05, 0) is 74.5 Å². The first kappa shape index (κ1) is 24.2. The SMILES string of the molecule is O=C(c1ccc(F)cc1)C1CCN(CCN(C(=O)c2ccc([N+](=O)[O-])cc2)c2ccccc2)CC1. The number of carbonyl (C=O) groups excluding carboxylic acids is 2. The summed E-state index contributed by atoms with van der Waals surface area (Å²) in [5.74, 6) is -0.636. The van der Waals surface area contributed by atoms with E-state index in [0.29, 0.717) is 37.1 Å². The number of benzene rings is 3. The molecule has 0 bridgehead atoms. The molecule has 0 N–H and O–H groups in total. The van der Waals surface area contributed by atoms with Crippen LogP contribution in [0.5, 0.6) is 0 Å². The minimum Gasteiger partial charge on any atom is -0.307 e. The number of rotatable bonds is 8. The molecule has 1 amide bonds. The van der Waals surface area contributed by atoms with Crippen LogP contribution in [-0.2, 0) is 0 Å². The van der Waals surface area contributed by atoms with Crippen molar-refractivity contribution in [1.29, 1.82) is 0 Å². The Kier molecular flexibility index (Phi) is 7.62. The Morgan fingerprint density at radius 2 is 1.51 bits per heavy atom. The van der Waals surface area contributed by atoms with Crippen LogP contribution in [-0.4, -0.2) is 47.7 Å². The first-order valence-corrected chi connectivity index (χ1v) is 11.6. The van der Waals surface area contributed by atoms with Crippen LogP contribution < -0.4 is 4.90 Å². The van der Waals surface area contributed by atoms with E-state index in [0.717, 1.165) is 18.8 Å². The Hall–Kier alpha value is -3.91. The van der Waals surface area contributed by atoms with Crippen molar-refractivity contribution in [2.24, 2.45) is 5.92 Å². The molecule has 3 aromatic rings. The van der Waals surface area contributed by atoms with Crippen LogP contribution in [0.4, 0.5) is 15.8 Å². The van der Waals surface area contributed by atoms with Crippen LogP contribution in [0, 0.1) is 21.8 Å². The highest BCUT2D eigenvalue weighted by atomic mass is 19.1. The molecule has 0 saturated carbocycles. The number of amides is 1. The van der Waals surface area contributed by atoms with Gasteiger partial charge < -0.3 is 9.80 Å². The minimum absolute atomic E-state index is 0.0453. The zero-order valence-corrected chi connectivity index (χ0v) is 19.2. The van der Waals surface area contributed by atoms with Crippen LogP contribution >= 0.6 is 0 Å². The van der Waals surface area contributed by atoms with Gasteiger partial charge in [-0.25, -0.2) is 4.39 Å². The number of piperidine rings is 1. The monoisotopic (exact) mass is 475 g/mol. The van der Waals surface area contributed by atoms with E-state index in [1.807, 2.05) is 30.3 Å². The number of non-ortho nitro benzene ring substituents is 1. The molecule has 1 heterocycles. The van der Waals surface area contributed by atoms with Crippen LogP contribution in [0.2, 0.25) is 0 Å². The predicted molar refractivity (Wildman–Crippen MR) is 131 cm³/mol. The van der Waals surface area contributed by atoms with Gasteiger partial charge in [-0.3, -0.25) is 19.7 Å². The third kappa shape index (κ3) is 5.96. The number of likely N-dealkylation sites (tertiary alicyclic amines) is 1. The van der Waals surface area contributed by atoms with Gasteiger partial charge in [0.1, 0.15) is 5.82 Å². The fraction of sp³-hybridized carbons (Fsp3) is 0.259. The maximum absolute atomic E-state index is 13.3. The molecule has 0 spiro atoms. The number of hydrogen-bond donors (Lipinski definition) is 0.